The van der Waals surface area contributed by atoms with Gasteiger partial charge in [0.05, 0.1) is 20.0 Å². The predicted molar refractivity (Wildman–Crippen MR) is 98.2 cm³/mol. The Bertz CT molecular complexity index is 862. The third kappa shape index (κ3) is 3.85. The van der Waals surface area contributed by atoms with Crippen molar-refractivity contribution in [3.8, 4) is 17.2 Å². The Balaban J connectivity index is 1.73. The molecule has 0 N–H and O–H groups in total. The topological polar surface area (TPSA) is 53.3 Å². The largest absolute Gasteiger partial charge is 0.493 e. The zero-order valence-corrected chi connectivity index (χ0v) is 14.8. The van der Waals surface area contributed by atoms with Gasteiger partial charge < -0.3 is 9.47 Å². The maximum atomic E-state index is 12.5. The lowest BCUT2D eigenvalue weighted by Gasteiger charge is -2.09. The van der Waals surface area contributed by atoms with Gasteiger partial charge >= 0.3 is 0 Å². The monoisotopic (exact) mass is 354 g/mol. The molecular formula is C19H18N2O3S. The summed E-state index contributed by atoms with van der Waals surface area (Å²) in [6.45, 7) is 0. The molecule has 25 heavy (non-hydrogen) atoms. The lowest BCUT2D eigenvalue weighted by atomic mass is 10.1. The maximum absolute atomic E-state index is 12.5. The van der Waals surface area contributed by atoms with Crippen LogP contribution in [0.4, 0.5) is 0 Å². The van der Waals surface area contributed by atoms with E-state index in [0.29, 0.717) is 22.8 Å². The molecule has 0 atom stereocenters. The van der Waals surface area contributed by atoms with Gasteiger partial charge in [-0.1, -0.05) is 30.0 Å². The van der Waals surface area contributed by atoms with Crippen molar-refractivity contribution in [2.75, 3.05) is 20.0 Å². The molecule has 3 rings (SSSR count). The van der Waals surface area contributed by atoms with Crippen LogP contribution in [0.25, 0.3) is 5.69 Å². The zero-order chi connectivity index (χ0) is 17.6. The highest BCUT2D eigenvalue weighted by Gasteiger charge is 2.13. The smallest absolute Gasteiger partial charge is 0.173 e. The summed E-state index contributed by atoms with van der Waals surface area (Å²) < 4.78 is 12.4. The lowest BCUT2D eigenvalue weighted by Crippen LogP contribution is -2.05. The van der Waals surface area contributed by atoms with Gasteiger partial charge in [0.15, 0.2) is 22.4 Å². The molecule has 0 aliphatic carbocycles. The van der Waals surface area contributed by atoms with Crippen LogP contribution < -0.4 is 9.47 Å². The fraction of sp³-hybridized carbons (Fsp3) is 0.158. The third-order valence-corrected chi connectivity index (χ3v) is 4.65. The van der Waals surface area contributed by atoms with Gasteiger partial charge in [-0.15, -0.1) is 0 Å². The fourth-order valence-electron chi connectivity index (χ4n) is 2.40. The Morgan fingerprint density at radius 1 is 1.08 bits per heavy atom. The molecule has 0 amide bonds. The van der Waals surface area contributed by atoms with Gasteiger partial charge in [0.1, 0.15) is 0 Å². The zero-order valence-electron chi connectivity index (χ0n) is 14.0. The molecule has 0 saturated carbocycles. The number of ketones is 1. The summed E-state index contributed by atoms with van der Waals surface area (Å²) in [6, 6.07) is 15.1. The Morgan fingerprint density at radius 2 is 1.84 bits per heavy atom. The number of rotatable bonds is 7. The van der Waals surface area contributed by atoms with Crippen molar-refractivity contribution in [1.29, 1.82) is 0 Å². The molecule has 0 unspecified atom stereocenters. The van der Waals surface area contributed by atoms with E-state index in [-0.39, 0.29) is 5.78 Å². The summed E-state index contributed by atoms with van der Waals surface area (Å²) in [5.74, 6) is 1.45. The summed E-state index contributed by atoms with van der Waals surface area (Å²) >= 11 is 1.41. The van der Waals surface area contributed by atoms with Crippen LogP contribution in [0.15, 0.2) is 66.1 Å². The van der Waals surface area contributed by atoms with Gasteiger partial charge in [-0.25, -0.2) is 4.98 Å². The van der Waals surface area contributed by atoms with Crippen LogP contribution in [0.1, 0.15) is 10.4 Å². The lowest BCUT2D eigenvalue weighted by molar-refractivity contribution is 0.102. The van der Waals surface area contributed by atoms with Crippen molar-refractivity contribution in [2.24, 2.45) is 0 Å². The fourth-order valence-corrected chi connectivity index (χ4v) is 3.27. The van der Waals surface area contributed by atoms with Gasteiger partial charge in [0.25, 0.3) is 0 Å². The van der Waals surface area contributed by atoms with Gasteiger partial charge in [-0.3, -0.25) is 9.36 Å². The number of para-hydroxylation sites is 1. The Morgan fingerprint density at radius 3 is 2.56 bits per heavy atom. The van der Waals surface area contributed by atoms with Crippen LogP contribution in [0.3, 0.4) is 0 Å². The van der Waals surface area contributed by atoms with Gasteiger partial charge in [-0.2, -0.15) is 0 Å². The number of thioether (sulfide) groups is 1. The minimum Gasteiger partial charge on any atom is -0.493 e. The number of carbonyl (C=O) groups is 1. The average Bonchev–Trinajstić information content (AvgIpc) is 3.14. The highest BCUT2D eigenvalue weighted by Crippen LogP contribution is 2.28. The molecule has 0 radical (unpaired) electrons. The minimum absolute atomic E-state index is 0.00793. The molecule has 128 valence electrons. The van der Waals surface area contributed by atoms with Crippen LogP contribution in [-0.4, -0.2) is 35.3 Å². The quantitative estimate of drug-likeness (QED) is 0.476. The number of benzene rings is 2. The minimum atomic E-state index is 0.00793. The first-order valence-corrected chi connectivity index (χ1v) is 8.68. The van der Waals surface area contributed by atoms with Crippen LogP contribution in [-0.2, 0) is 0 Å². The molecule has 1 aromatic heterocycles. The molecule has 0 spiro atoms. The first-order valence-electron chi connectivity index (χ1n) is 7.69. The second-order valence-corrected chi connectivity index (χ2v) is 6.14. The molecule has 0 bridgehead atoms. The number of ether oxygens (including phenoxy) is 2. The predicted octanol–water partition coefficient (Wildman–Crippen LogP) is 3.86. The Labute approximate surface area is 150 Å². The highest BCUT2D eigenvalue weighted by molar-refractivity contribution is 7.99. The number of Topliss-reactive ketones (excluding diaryl/α,β-unsaturated/α-hetero) is 1. The number of methoxy groups -OCH3 is 2. The maximum Gasteiger partial charge on any atom is 0.173 e. The van der Waals surface area contributed by atoms with E-state index < -0.39 is 0 Å². The summed E-state index contributed by atoms with van der Waals surface area (Å²) in [5.41, 5.74) is 1.60. The van der Waals surface area contributed by atoms with Crippen LogP contribution >= 0.6 is 11.8 Å². The SMILES string of the molecule is COc1ccc(C(=O)CSc2nccn2-c2ccccc2)cc1OC. The summed E-state index contributed by atoms with van der Waals surface area (Å²) in [5, 5.41) is 0.778. The van der Waals surface area contributed by atoms with Crippen LogP contribution in [0.2, 0.25) is 0 Å². The summed E-state index contributed by atoms with van der Waals surface area (Å²) in [7, 11) is 3.12. The van der Waals surface area contributed by atoms with Crippen molar-refractivity contribution in [2.45, 2.75) is 5.16 Å². The molecule has 2 aromatic carbocycles. The van der Waals surface area contributed by atoms with E-state index in [0.717, 1.165) is 10.8 Å². The molecule has 0 aliphatic rings. The molecule has 0 aliphatic heterocycles. The van der Waals surface area contributed by atoms with Gasteiger partial charge in [-0.05, 0) is 30.3 Å². The number of imidazole rings is 1. The number of carbonyl (C=O) groups excluding carboxylic acids is 1. The summed E-state index contributed by atoms with van der Waals surface area (Å²) in [4.78, 5) is 16.8. The molecule has 5 nitrogen and oxygen atoms in total. The number of hydrogen-bond donors (Lipinski definition) is 0. The van der Waals surface area contributed by atoms with E-state index in [1.54, 1.807) is 38.6 Å². The highest BCUT2D eigenvalue weighted by atomic mass is 32.2. The van der Waals surface area contributed by atoms with Crippen molar-refractivity contribution in [3.63, 3.8) is 0 Å². The average molecular weight is 354 g/mol. The van der Waals surface area contributed by atoms with Gasteiger partial charge in [0.2, 0.25) is 0 Å². The number of nitrogens with zero attached hydrogens (tertiary/aromatic N) is 2. The Hall–Kier alpha value is -2.73. The first-order chi connectivity index (χ1) is 12.2. The van der Waals surface area contributed by atoms with E-state index >= 15 is 0 Å². The normalized spacial score (nSPS) is 10.5. The second kappa shape index (κ2) is 7.90. The molecule has 0 saturated heterocycles. The second-order valence-electron chi connectivity index (χ2n) is 5.20. The van der Waals surface area contributed by atoms with Crippen molar-refractivity contribution < 1.29 is 14.3 Å². The van der Waals surface area contributed by atoms with Gasteiger partial charge in [0, 0.05) is 23.6 Å². The summed E-state index contributed by atoms with van der Waals surface area (Å²) in [6.07, 6.45) is 3.62. The van der Waals surface area contributed by atoms with E-state index in [4.69, 9.17) is 9.47 Å². The molecule has 6 heteroatoms. The standard InChI is InChI=1S/C19H18N2O3S/c1-23-17-9-8-14(12-18(17)24-2)16(22)13-25-19-20-10-11-21(19)15-6-4-3-5-7-15/h3-12H,13H2,1-2H3. The molecule has 1 heterocycles. The third-order valence-electron chi connectivity index (χ3n) is 3.68. The van der Waals surface area contributed by atoms with Crippen LogP contribution in [0.5, 0.6) is 11.5 Å². The first kappa shape index (κ1) is 17.1. The molecule has 0 fully saturated rings. The number of aromatic nitrogens is 2. The van der Waals surface area contributed by atoms with E-state index in [2.05, 4.69) is 4.98 Å². The molecule has 3 aromatic rings. The number of hydrogen-bond acceptors (Lipinski definition) is 5. The van der Waals surface area contributed by atoms with Crippen molar-refractivity contribution in [3.05, 3.63) is 66.5 Å². The van der Waals surface area contributed by atoms with Crippen LogP contribution in [0, 0.1) is 0 Å². The Kier molecular flexibility index (Phi) is 5.40. The van der Waals surface area contributed by atoms with E-state index in [1.807, 2.05) is 41.1 Å². The molecular weight excluding hydrogens is 336 g/mol. The van der Waals surface area contributed by atoms with E-state index in [1.165, 1.54) is 11.8 Å². The van der Waals surface area contributed by atoms with Crippen molar-refractivity contribution >= 4 is 17.5 Å². The van der Waals surface area contributed by atoms with Crippen molar-refractivity contribution in [1.82, 2.24) is 9.55 Å². The van der Waals surface area contributed by atoms with E-state index in [9.17, 15) is 4.79 Å².